The Morgan fingerprint density at radius 2 is 2.03 bits per heavy atom. The van der Waals surface area contributed by atoms with Crippen molar-refractivity contribution in [3.8, 4) is 6.01 Å². The molecule has 204 valence electrons. The largest absolute Gasteiger partial charge is 0.481 e. The molecule has 2 aromatic heterocycles. The Hall–Kier alpha value is -3.48. The molecule has 1 aliphatic heterocycles. The summed E-state index contributed by atoms with van der Waals surface area (Å²) in [5.41, 5.74) is 9.13. The number of carboxylic acids is 1. The average Bonchev–Trinajstić information content (AvgIpc) is 3.24. The summed E-state index contributed by atoms with van der Waals surface area (Å²) in [5, 5.41) is 12.6. The number of likely N-dealkylation sites (N-methyl/N-ethyl adjacent to an activating group) is 1. The van der Waals surface area contributed by atoms with E-state index in [-0.39, 0.29) is 25.6 Å². The van der Waals surface area contributed by atoms with Gasteiger partial charge in [0.2, 0.25) is 5.89 Å². The summed E-state index contributed by atoms with van der Waals surface area (Å²) in [4.78, 5) is 19.7. The van der Waals surface area contributed by atoms with Crippen molar-refractivity contribution in [1.82, 2.24) is 20.1 Å². The first-order chi connectivity index (χ1) is 17.5. The molecule has 1 saturated heterocycles. The van der Waals surface area contributed by atoms with Gasteiger partial charge in [-0.3, -0.25) is 4.79 Å². The molecule has 11 nitrogen and oxygen atoms in total. The number of carbonyl (C=O) groups is 1. The molecule has 2 aliphatic rings. The zero-order chi connectivity index (χ0) is 27.2. The molecule has 37 heavy (non-hydrogen) atoms. The predicted molar refractivity (Wildman–Crippen MR) is 133 cm³/mol. The van der Waals surface area contributed by atoms with Gasteiger partial charge in [0.1, 0.15) is 6.61 Å². The smallest absolute Gasteiger partial charge is 0.354 e. The van der Waals surface area contributed by atoms with Gasteiger partial charge >= 0.3 is 6.01 Å². The number of nitrogens with two attached hydrogens (primary N) is 2. The van der Waals surface area contributed by atoms with Gasteiger partial charge in [-0.2, -0.15) is 4.98 Å². The number of anilines is 1. The molecular formula is C24H35F2N7O4. The van der Waals surface area contributed by atoms with Crippen LogP contribution in [0.2, 0.25) is 0 Å². The molecule has 0 atom stereocenters. The lowest BCUT2D eigenvalue weighted by Crippen LogP contribution is -2.43. The molecule has 1 aliphatic carbocycles. The van der Waals surface area contributed by atoms with Crippen molar-refractivity contribution in [2.24, 2.45) is 11.6 Å². The minimum Gasteiger partial charge on any atom is -0.481 e. The zero-order valence-corrected chi connectivity index (χ0v) is 21.4. The van der Waals surface area contributed by atoms with Crippen LogP contribution < -0.4 is 21.2 Å². The summed E-state index contributed by atoms with van der Waals surface area (Å²) in [6.07, 6.45) is 4.19. The molecule has 0 bridgehead atoms. The van der Waals surface area contributed by atoms with Crippen molar-refractivity contribution in [3.05, 3.63) is 35.1 Å². The summed E-state index contributed by atoms with van der Waals surface area (Å²) in [6, 6.07) is 3.66. The Balaban J connectivity index is 0.000000886. The van der Waals surface area contributed by atoms with Gasteiger partial charge in [-0.25, -0.2) is 19.6 Å². The van der Waals surface area contributed by atoms with E-state index < -0.39 is 11.9 Å². The fraction of sp³-hybridized carbons (Fsp3) is 0.583. The van der Waals surface area contributed by atoms with Gasteiger partial charge in [0.25, 0.3) is 11.9 Å². The van der Waals surface area contributed by atoms with E-state index in [1.54, 1.807) is 24.1 Å². The second-order valence-electron chi connectivity index (χ2n) is 9.22. The summed E-state index contributed by atoms with van der Waals surface area (Å²) in [7, 11) is 1.65. The number of piperidine rings is 1. The fourth-order valence-corrected chi connectivity index (χ4v) is 4.11. The maximum absolute atomic E-state index is 13.9. The van der Waals surface area contributed by atoms with Crippen LogP contribution in [0.5, 0.6) is 6.01 Å². The van der Waals surface area contributed by atoms with Crippen LogP contribution >= 0.6 is 0 Å². The Morgan fingerprint density at radius 1 is 1.32 bits per heavy atom. The van der Waals surface area contributed by atoms with E-state index in [9.17, 15) is 8.78 Å². The van der Waals surface area contributed by atoms with Crippen LogP contribution in [0, 0.1) is 0 Å². The number of ether oxygens (including phenoxy) is 1. The number of aryl methyl sites for hydroxylation is 1. The third-order valence-corrected chi connectivity index (χ3v) is 6.25. The van der Waals surface area contributed by atoms with Crippen LogP contribution in [-0.2, 0) is 11.2 Å². The number of rotatable bonds is 8. The van der Waals surface area contributed by atoms with Gasteiger partial charge in [0.05, 0.1) is 35.0 Å². The number of hydrogen-bond acceptors (Lipinski definition) is 10. The standard InChI is InChI=1S/C22H31F2N7O2.C2H4O2/c1-3-15-17(31-11-5-10-22(23,24)13-31)9-8-16(27-15)19(25)18(30(2)26)12-32-21-28-20(33-29-21)14-6-4-7-14;1-2(3)4/h8-9,14H,3-7,10-13,25-26H2,1-2H3;1H3,(H,3,4)/b19-18-;. The van der Waals surface area contributed by atoms with Crippen LogP contribution in [0.3, 0.4) is 0 Å². The first-order valence-electron chi connectivity index (χ1n) is 12.3. The predicted octanol–water partition coefficient (Wildman–Crippen LogP) is 3.13. The van der Waals surface area contributed by atoms with Crippen LogP contribution in [0.15, 0.2) is 22.4 Å². The molecule has 0 unspecified atom stereocenters. The summed E-state index contributed by atoms with van der Waals surface area (Å²) < 4.78 is 38.8. The first kappa shape index (κ1) is 28.1. The number of hydrogen-bond donors (Lipinski definition) is 3. The highest BCUT2D eigenvalue weighted by Gasteiger charge is 2.36. The lowest BCUT2D eigenvalue weighted by Gasteiger charge is -2.35. The second-order valence-corrected chi connectivity index (χ2v) is 9.22. The van der Waals surface area contributed by atoms with E-state index in [1.165, 1.54) is 5.01 Å². The van der Waals surface area contributed by atoms with Crippen LogP contribution in [0.1, 0.15) is 69.1 Å². The Labute approximate surface area is 214 Å². The van der Waals surface area contributed by atoms with Crippen molar-refractivity contribution in [2.45, 2.75) is 64.2 Å². The molecule has 5 N–H and O–H groups in total. The average molecular weight is 524 g/mol. The maximum Gasteiger partial charge on any atom is 0.354 e. The Kier molecular flexibility index (Phi) is 9.24. The molecule has 1 saturated carbocycles. The Morgan fingerprint density at radius 3 is 2.59 bits per heavy atom. The van der Waals surface area contributed by atoms with E-state index in [0.29, 0.717) is 59.7 Å². The highest BCUT2D eigenvalue weighted by Crippen LogP contribution is 2.36. The van der Waals surface area contributed by atoms with Crippen LogP contribution in [0.4, 0.5) is 14.5 Å². The number of alkyl halides is 2. The molecular weight excluding hydrogens is 488 g/mol. The lowest BCUT2D eigenvalue weighted by atomic mass is 9.85. The van der Waals surface area contributed by atoms with E-state index in [0.717, 1.165) is 26.2 Å². The molecule has 2 fully saturated rings. The summed E-state index contributed by atoms with van der Waals surface area (Å²) in [5.74, 6) is 3.37. The quantitative estimate of drug-likeness (QED) is 0.345. The van der Waals surface area contributed by atoms with Gasteiger partial charge < -0.3 is 30.0 Å². The molecule has 0 amide bonds. The number of nitrogens with zero attached hydrogens (tertiary/aromatic N) is 5. The van der Waals surface area contributed by atoms with Crippen molar-refractivity contribution in [1.29, 1.82) is 0 Å². The zero-order valence-electron chi connectivity index (χ0n) is 21.4. The van der Waals surface area contributed by atoms with Gasteiger partial charge in [0, 0.05) is 32.9 Å². The SMILES string of the molecule is CC(=O)O.CCc1nc(/C(N)=C(\COc2noc(C3CCC3)n2)N(C)N)ccc1N1CCCC(F)(F)C1. The number of aliphatic carboxylic acids is 1. The summed E-state index contributed by atoms with van der Waals surface area (Å²) >= 11 is 0. The lowest BCUT2D eigenvalue weighted by molar-refractivity contribution is -0.134. The molecule has 0 aromatic carbocycles. The molecule has 0 radical (unpaired) electrons. The van der Waals surface area contributed by atoms with E-state index >= 15 is 0 Å². The van der Waals surface area contributed by atoms with E-state index in [4.69, 9.17) is 30.7 Å². The van der Waals surface area contributed by atoms with Crippen molar-refractivity contribution < 1.29 is 27.9 Å². The maximum atomic E-state index is 13.9. The van der Waals surface area contributed by atoms with Crippen molar-refractivity contribution >= 4 is 17.4 Å². The van der Waals surface area contributed by atoms with Crippen molar-refractivity contribution in [3.63, 3.8) is 0 Å². The topological polar surface area (TPSA) is 157 Å². The fourth-order valence-electron chi connectivity index (χ4n) is 4.11. The number of halogens is 2. The molecule has 2 aromatic rings. The van der Waals surface area contributed by atoms with E-state index in [1.807, 2.05) is 6.92 Å². The monoisotopic (exact) mass is 523 g/mol. The third-order valence-electron chi connectivity index (χ3n) is 6.25. The number of pyridine rings is 1. The highest BCUT2D eigenvalue weighted by molar-refractivity contribution is 5.65. The molecule has 0 spiro atoms. The van der Waals surface area contributed by atoms with Gasteiger partial charge in [0.15, 0.2) is 0 Å². The van der Waals surface area contributed by atoms with Crippen LogP contribution in [-0.4, -0.2) is 63.9 Å². The highest BCUT2D eigenvalue weighted by atomic mass is 19.3. The number of hydrazine groups is 1. The summed E-state index contributed by atoms with van der Waals surface area (Å²) in [6.45, 7) is 3.32. The second kappa shape index (κ2) is 12.2. The van der Waals surface area contributed by atoms with Gasteiger partial charge in [-0.15, -0.1) is 0 Å². The Bertz CT molecular complexity index is 1100. The molecule has 3 heterocycles. The molecule has 13 heteroatoms. The first-order valence-corrected chi connectivity index (χ1v) is 12.3. The third kappa shape index (κ3) is 7.51. The van der Waals surface area contributed by atoms with E-state index in [2.05, 4.69) is 15.1 Å². The molecule has 4 rings (SSSR count). The normalized spacial score (nSPS) is 17.7. The number of aromatic nitrogens is 3. The van der Waals surface area contributed by atoms with Gasteiger partial charge in [-0.1, -0.05) is 13.3 Å². The van der Waals surface area contributed by atoms with Crippen LogP contribution in [0.25, 0.3) is 5.70 Å². The minimum absolute atomic E-state index is 0.0196. The number of carboxylic acid groups (broad SMARTS) is 1. The minimum atomic E-state index is -2.69. The van der Waals surface area contributed by atoms with Gasteiger partial charge in [-0.05, 0) is 43.0 Å². The van der Waals surface area contributed by atoms with Crippen molar-refractivity contribution in [2.75, 3.05) is 31.6 Å².